The molecule has 2 nitrogen and oxygen atoms in total. The largest absolute Gasteiger partial charge is 0.465 e. The van der Waals surface area contributed by atoms with Gasteiger partial charge in [-0.15, -0.1) is 0 Å². The molecule has 0 bridgehead atoms. The van der Waals surface area contributed by atoms with E-state index in [2.05, 4.69) is 4.74 Å². The Labute approximate surface area is 65.8 Å². The first-order chi connectivity index (χ1) is 4.72. The number of hydrogen-bond acceptors (Lipinski definition) is 2. The topological polar surface area (TPSA) is 26.3 Å². The van der Waals surface area contributed by atoms with E-state index in [9.17, 15) is 4.79 Å². The summed E-state index contributed by atoms with van der Waals surface area (Å²) in [5, 5.41) is 0.171. The first kappa shape index (κ1) is 9.50. The molecule has 0 aliphatic carbocycles. The Morgan fingerprint density at radius 2 is 2.30 bits per heavy atom. The van der Waals surface area contributed by atoms with E-state index >= 15 is 0 Å². The minimum absolute atomic E-state index is 0.171. The van der Waals surface area contributed by atoms with E-state index in [1.807, 2.05) is 6.92 Å². The quantitative estimate of drug-likeness (QED) is 0.469. The van der Waals surface area contributed by atoms with Gasteiger partial charge in [0, 0.05) is 0 Å². The Balaban J connectivity index is 3.80. The van der Waals surface area contributed by atoms with Crippen LogP contribution in [0.3, 0.4) is 0 Å². The lowest BCUT2D eigenvalue weighted by Crippen LogP contribution is -1.99. The molecule has 3 heteroatoms. The molecule has 0 fully saturated rings. The molecule has 0 aromatic heterocycles. The average molecular weight is 163 g/mol. The molecule has 58 valence electrons. The predicted octanol–water partition coefficient (Wildman–Crippen LogP) is 2.08. The van der Waals surface area contributed by atoms with Crippen molar-refractivity contribution in [1.29, 1.82) is 0 Å². The number of carbonyl (C=O) groups is 1. The van der Waals surface area contributed by atoms with Crippen LogP contribution in [0, 0.1) is 0 Å². The van der Waals surface area contributed by atoms with Crippen LogP contribution in [0.2, 0.25) is 0 Å². The van der Waals surface area contributed by atoms with Gasteiger partial charge in [-0.1, -0.05) is 31.0 Å². The summed E-state index contributed by atoms with van der Waals surface area (Å²) in [5.41, 5.74) is 0. The molecule has 0 amide bonds. The molecule has 0 heterocycles. The fraction of sp³-hybridized carbons (Fsp3) is 0.571. The summed E-state index contributed by atoms with van der Waals surface area (Å²) in [7, 11) is 1.31. The lowest BCUT2D eigenvalue weighted by atomic mass is 10.3. The Hall–Kier alpha value is -0.500. The lowest BCUT2D eigenvalue weighted by molar-refractivity contribution is -0.135. The van der Waals surface area contributed by atoms with Gasteiger partial charge < -0.3 is 4.74 Å². The monoisotopic (exact) mass is 162 g/mol. The zero-order valence-corrected chi connectivity index (χ0v) is 6.94. The van der Waals surface area contributed by atoms with Gasteiger partial charge in [0.15, 0.2) is 0 Å². The van der Waals surface area contributed by atoms with Crippen LogP contribution in [-0.2, 0) is 9.53 Å². The van der Waals surface area contributed by atoms with Gasteiger partial charge in [0.1, 0.15) is 5.03 Å². The number of methoxy groups -OCH3 is 1. The van der Waals surface area contributed by atoms with Gasteiger partial charge in [0.05, 0.1) is 7.11 Å². The van der Waals surface area contributed by atoms with Gasteiger partial charge in [0.2, 0.25) is 0 Å². The van der Waals surface area contributed by atoms with Crippen LogP contribution < -0.4 is 0 Å². The second-order valence-corrected chi connectivity index (χ2v) is 2.24. The Morgan fingerprint density at radius 3 is 2.70 bits per heavy atom. The maximum atomic E-state index is 10.6. The van der Waals surface area contributed by atoms with E-state index in [1.165, 1.54) is 7.11 Å². The summed E-state index contributed by atoms with van der Waals surface area (Å²) in [6.07, 6.45) is 3.45. The number of halogens is 1. The molecule has 0 N–H and O–H groups in total. The Bertz CT molecular complexity index is 141. The summed E-state index contributed by atoms with van der Waals surface area (Å²) in [6.45, 7) is 2.01. The molecule has 0 aliphatic rings. The van der Waals surface area contributed by atoms with Crippen LogP contribution in [0.4, 0.5) is 0 Å². The van der Waals surface area contributed by atoms with Crippen molar-refractivity contribution in [1.82, 2.24) is 0 Å². The van der Waals surface area contributed by atoms with E-state index in [0.29, 0.717) is 0 Å². The molecule has 0 atom stereocenters. The summed E-state index contributed by atoms with van der Waals surface area (Å²) in [4.78, 5) is 10.6. The second-order valence-electron chi connectivity index (χ2n) is 1.83. The molecule has 0 saturated heterocycles. The van der Waals surface area contributed by atoms with Crippen molar-refractivity contribution in [3.63, 3.8) is 0 Å². The van der Waals surface area contributed by atoms with E-state index in [-0.39, 0.29) is 5.03 Å². The Kier molecular flexibility index (Phi) is 5.03. The van der Waals surface area contributed by atoms with Gasteiger partial charge in [-0.25, -0.2) is 4.79 Å². The third kappa shape index (κ3) is 3.51. The summed E-state index contributed by atoms with van der Waals surface area (Å²) in [6, 6.07) is 0. The molecule has 0 saturated carbocycles. The maximum absolute atomic E-state index is 10.6. The van der Waals surface area contributed by atoms with Gasteiger partial charge in [-0.05, 0) is 6.42 Å². The maximum Gasteiger partial charge on any atom is 0.349 e. The third-order valence-electron chi connectivity index (χ3n) is 0.993. The highest BCUT2D eigenvalue weighted by atomic mass is 35.5. The van der Waals surface area contributed by atoms with Crippen molar-refractivity contribution in [2.75, 3.05) is 7.11 Å². The van der Waals surface area contributed by atoms with E-state index in [4.69, 9.17) is 11.6 Å². The molecule has 0 unspecified atom stereocenters. The first-order valence-corrected chi connectivity index (χ1v) is 3.54. The minimum Gasteiger partial charge on any atom is -0.465 e. The van der Waals surface area contributed by atoms with Crippen LogP contribution in [0.1, 0.15) is 19.8 Å². The van der Waals surface area contributed by atoms with E-state index in [0.717, 1.165) is 12.8 Å². The van der Waals surface area contributed by atoms with Crippen LogP contribution in [0.5, 0.6) is 0 Å². The molecule has 0 radical (unpaired) electrons. The van der Waals surface area contributed by atoms with Gasteiger partial charge >= 0.3 is 5.97 Å². The summed E-state index contributed by atoms with van der Waals surface area (Å²) in [5.74, 6) is -0.463. The number of hydrogen-bond donors (Lipinski definition) is 0. The highest BCUT2D eigenvalue weighted by Gasteiger charge is 2.02. The summed E-state index contributed by atoms with van der Waals surface area (Å²) < 4.78 is 4.37. The number of esters is 1. The average Bonchev–Trinajstić information content (AvgIpc) is 1.98. The first-order valence-electron chi connectivity index (χ1n) is 3.16. The lowest BCUT2D eigenvalue weighted by Gasteiger charge is -1.94. The number of rotatable bonds is 3. The number of carbonyl (C=O) groups excluding carboxylic acids is 1. The fourth-order valence-electron chi connectivity index (χ4n) is 0.452. The standard InChI is InChI=1S/C7H11ClO2/c1-3-4-5-6(8)7(9)10-2/h5H,3-4H2,1-2H3/b6-5-. The highest BCUT2D eigenvalue weighted by molar-refractivity contribution is 6.41. The van der Waals surface area contributed by atoms with Gasteiger partial charge in [-0.3, -0.25) is 0 Å². The van der Waals surface area contributed by atoms with Crippen LogP contribution in [0.15, 0.2) is 11.1 Å². The molecule has 0 aromatic carbocycles. The van der Waals surface area contributed by atoms with E-state index < -0.39 is 5.97 Å². The molecular weight excluding hydrogens is 152 g/mol. The molecule has 0 spiro atoms. The van der Waals surface area contributed by atoms with E-state index in [1.54, 1.807) is 6.08 Å². The number of unbranched alkanes of at least 4 members (excludes halogenated alkanes) is 1. The van der Waals surface area contributed by atoms with Crippen molar-refractivity contribution in [2.24, 2.45) is 0 Å². The SMILES string of the molecule is CCC/C=C(\Cl)C(=O)OC. The zero-order valence-electron chi connectivity index (χ0n) is 6.19. The highest BCUT2D eigenvalue weighted by Crippen LogP contribution is 2.05. The van der Waals surface area contributed by atoms with Gasteiger partial charge in [-0.2, -0.15) is 0 Å². The molecule has 10 heavy (non-hydrogen) atoms. The van der Waals surface area contributed by atoms with Crippen molar-refractivity contribution >= 4 is 17.6 Å². The van der Waals surface area contributed by atoms with Crippen LogP contribution >= 0.6 is 11.6 Å². The number of allylic oxidation sites excluding steroid dienone is 1. The minimum atomic E-state index is -0.463. The van der Waals surface area contributed by atoms with Crippen molar-refractivity contribution in [2.45, 2.75) is 19.8 Å². The Morgan fingerprint density at radius 1 is 1.70 bits per heavy atom. The molecule has 0 rings (SSSR count). The van der Waals surface area contributed by atoms with Crippen molar-refractivity contribution in [3.8, 4) is 0 Å². The van der Waals surface area contributed by atoms with Gasteiger partial charge in [0.25, 0.3) is 0 Å². The predicted molar refractivity (Wildman–Crippen MR) is 40.9 cm³/mol. The summed E-state index contributed by atoms with van der Waals surface area (Å²) >= 11 is 5.50. The third-order valence-corrected chi connectivity index (χ3v) is 1.30. The van der Waals surface area contributed by atoms with Crippen molar-refractivity contribution in [3.05, 3.63) is 11.1 Å². The zero-order chi connectivity index (χ0) is 7.98. The van der Waals surface area contributed by atoms with Crippen LogP contribution in [-0.4, -0.2) is 13.1 Å². The molecule has 0 aromatic rings. The van der Waals surface area contributed by atoms with Crippen molar-refractivity contribution < 1.29 is 9.53 Å². The molecular formula is C7H11ClO2. The smallest absolute Gasteiger partial charge is 0.349 e. The second kappa shape index (κ2) is 5.30. The molecule has 0 aliphatic heterocycles. The normalized spacial score (nSPS) is 11.3. The number of ether oxygens (including phenoxy) is 1. The fourth-order valence-corrected chi connectivity index (χ4v) is 0.638. The van der Waals surface area contributed by atoms with Crippen LogP contribution in [0.25, 0.3) is 0 Å².